The molecule has 0 unspecified atom stereocenters. The number of benzene rings is 1. The van der Waals surface area contributed by atoms with Crippen molar-refractivity contribution in [2.24, 2.45) is 7.05 Å². The number of nitrogens with one attached hydrogen (secondary N) is 1. The van der Waals surface area contributed by atoms with Gasteiger partial charge >= 0.3 is 0 Å². The predicted molar refractivity (Wildman–Crippen MR) is 112 cm³/mol. The van der Waals surface area contributed by atoms with E-state index in [2.05, 4.69) is 10.4 Å². The average Bonchev–Trinajstić information content (AvgIpc) is 3.24. The Morgan fingerprint density at radius 3 is 2.53 bits per heavy atom. The number of hydrogen-bond acceptors (Lipinski definition) is 7. The van der Waals surface area contributed by atoms with E-state index in [1.165, 1.54) is 37.1 Å². The van der Waals surface area contributed by atoms with E-state index in [1.807, 2.05) is 6.92 Å². The first-order valence-corrected chi connectivity index (χ1v) is 11.4. The maximum atomic E-state index is 13.0. The minimum atomic E-state index is -3.91. The van der Waals surface area contributed by atoms with E-state index in [-0.39, 0.29) is 46.3 Å². The maximum absolute atomic E-state index is 13.0. The zero-order chi connectivity index (χ0) is 22.1. The molecule has 2 aromatic rings. The van der Waals surface area contributed by atoms with E-state index in [4.69, 9.17) is 0 Å². The maximum Gasteiger partial charge on any atom is 0.288 e. The number of sulfonamides is 1. The van der Waals surface area contributed by atoms with Gasteiger partial charge in [0.05, 0.1) is 16.8 Å². The highest BCUT2D eigenvalue weighted by Crippen LogP contribution is 2.25. The van der Waals surface area contributed by atoms with Gasteiger partial charge in [0.2, 0.25) is 5.91 Å². The Hall–Kier alpha value is -2.86. The summed E-state index contributed by atoms with van der Waals surface area (Å²) in [7, 11) is -1.03. The van der Waals surface area contributed by atoms with Gasteiger partial charge in [-0.1, -0.05) is 29.5 Å². The molecule has 0 bridgehead atoms. The number of carbonyl (C=O) groups excluding carboxylic acids is 3. The molecule has 3 amide bonds. The van der Waals surface area contributed by atoms with E-state index >= 15 is 0 Å². The fourth-order valence-electron chi connectivity index (χ4n) is 2.92. The van der Waals surface area contributed by atoms with Crippen LogP contribution >= 0.6 is 11.8 Å². The number of imide groups is 1. The standard InChI is InChI=1S/C18H21N5O5S2/c1-12-4-6-13(7-5-12)30(27,28)22(3)17-14(10-20-21(17)2)16(25)19-8-9-23-15(24)11-29-18(23)26/h4-7,10H,8-9,11H2,1-3H3,(H,19,25). The molecule has 1 aromatic carbocycles. The van der Waals surface area contributed by atoms with Gasteiger partial charge in [0.25, 0.3) is 21.2 Å². The van der Waals surface area contributed by atoms with Gasteiger partial charge < -0.3 is 5.32 Å². The molecule has 10 nitrogen and oxygen atoms in total. The van der Waals surface area contributed by atoms with Crippen LogP contribution < -0.4 is 9.62 Å². The molecule has 0 radical (unpaired) electrons. The van der Waals surface area contributed by atoms with Gasteiger partial charge in [0.1, 0.15) is 5.56 Å². The summed E-state index contributed by atoms with van der Waals surface area (Å²) >= 11 is 0.918. The van der Waals surface area contributed by atoms with Gasteiger partial charge in [-0.2, -0.15) is 5.10 Å². The van der Waals surface area contributed by atoms with Crippen molar-refractivity contribution < 1.29 is 22.8 Å². The summed E-state index contributed by atoms with van der Waals surface area (Å²) in [6.45, 7) is 1.94. The molecule has 1 aromatic heterocycles. The van der Waals surface area contributed by atoms with Crippen molar-refractivity contribution in [3.05, 3.63) is 41.6 Å². The first-order chi connectivity index (χ1) is 14.1. The second kappa shape index (κ2) is 8.48. The smallest absolute Gasteiger partial charge is 0.288 e. The Balaban J connectivity index is 1.76. The Morgan fingerprint density at radius 2 is 1.93 bits per heavy atom. The second-order valence-electron chi connectivity index (χ2n) is 6.65. The van der Waals surface area contributed by atoms with Crippen molar-refractivity contribution in [1.82, 2.24) is 20.0 Å². The van der Waals surface area contributed by atoms with Gasteiger partial charge in [0, 0.05) is 27.2 Å². The van der Waals surface area contributed by atoms with Gasteiger partial charge in [0.15, 0.2) is 5.82 Å². The second-order valence-corrected chi connectivity index (χ2v) is 9.54. The van der Waals surface area contributed by atoms with Crippen molar-refractivity contribution >= 4 is 44.7 Å². The lowest BCUT2D eigenvalue weighted by molar-refractivity contribution is -0.124. The summed E-state index contributed by atoms with van der Waals surface area (Å²) in [5, 5.41) is 6.28. The predicted octanol–water partition coefficient (Wildman–Crippen LogP) is 0.979. The van der Waals surface area contributed by atoms with Crippen LogP contribution in [-0.4, -0.2) is 66.0 Å². The van der Waals surface area contributed by atoms with Crippen LogP contribution in [0.15, 0.2) is 35.4 Å². The third-order valence-electron chi connectivity index (χ3n) is 4.59. The monoisotopic (exact) mass is 451 g/mol. The number of aryl methyl sites for hydroxylation is 2. The van der Waals surface area contributed by atoms with Gasteiger partial charge in [-0.15, -0.1) is 0 Å². The average molecular weight is 452 g/mol. The summed E-state index contributed by atoms with van der Waals surface area (Å²) in [5.41, 5.74) is 0.981. The Bertz CT molecular complexity index is 1080. The molecule has 160 valence electrons. The largest absolute Gasteiger partial charge is 0.350 e. The zero-order valence-corrected chi connectivity index (χ0v) is 18.3. The molecule has 1 aliphatic heterocycles. The fraction of sp³-hybridized carbons (Fsp3) is 0.333. The summed E-state index contributed by atoms with van der Waals surface area (Å²) < 4.78 is 28.3. The Kier molecular flexibility index (Phi) is 6.17. The molecule has 3 rings (SSSR count). The van der Waals surface area contributed by atoms with Crippen molar-refractivity contribution in [2.45, 2.75) is 11.8 Å². The number of hydrogen-bond donors (Lipinski definition) is 1. The number of rotatable bonds is 7. The number of anilines is 1. The molecule has 12 heteroatoms. The van der Waals surface area contributed by atoms with Crippen molar-refractivity contribution in [3.8, 4) is 0 Å². The van der Waals surface area contributed by atoms with E-state index < -0.39 is 15.9 Å². The molecule has 0 aliphatic carbocycles. The van der Waals surface area contributed by atoms with Gasteiger partial charge in [-0.05, 0) is 19.1 Å². The minimum Gasteiger partial charge on any atom is -0.350 e. The van der Waals surface area contributed by atoms with Crippen molar-refractivity contribution in [3.63, 3.8) is 0 Å². The van der Waals surface area contributed by atoms with Gasteiger partial charge in [-0.25, -0.2) is 8.42 Å². The number of nitrogens with zero attached hydrogens (tertiary/aromatic N) is 4. The van der Waals surface area contributed by atoms with Gasteiger partial charge in [-0.3, -0.25) is 28.3 Å². The SMILES string of the molecule is Cc1ccc(S(=O)(=O)N(C)c2c(C(=O)NCCN3C(=O)CSC3=O)cnn2C)cc1. The highest BCUT2D eigenvalue weighted by molar-refractivity contribution is 8.14. The van der Waals surface area contributed by atoms with E-state index in [0.717, 1.165) is 26.5 Å². The van der Waals surface area contributed by atoms with E-state index in [1.54, 1.807) is 12.1 Å². The number of amides is 3. The van der Waals surface area contributed by atoms with Crippen molar-refractivity contribution in [1.29, 1.82) is 0 Å². The lowest BCUT2D eigenvalue weighted by Gasteiger charge is -2.21. The molecule has 1 aliphatic rings. The third kappa shape index (κ3) is 4.19. The van der Waals surface area contributed by atoms with Crippen LogP contribution in [0.3, 0.4) is 0 Å². The lowest BCUT2D eigenvalue weighted by Crippen LogP contribution is -2.38. The number of carbonyl (C=O) groups is 3. The molecule has 1 N–H and O–H groups in total. The molecular weight excluding hydrogens is 430 g/mol. The topological polar surface area (TPSA) is 122 Å². The molecule has 1 saturated heterocycles. The summed E-state index contributed by atoms with van der Waals surface area (Å²) in [6.07, 6.45) is 1.27. The van der Waals surface area contributed by atoms with Crippen LogP contribution in [0.1, 0.15) is 15.9 Å². The molecule has 1 fully saturated rings. The summed E-state index contributed by atoms with van der Waals surface area (Å²) in [4.78, 5) is 37.1. The van der Waals surface area contributed by atoms with E-state index in [9.17, 15) is 22.8 Å². The molecular formula is C18H21N5O5S2. The molecule has 0 saturated carbocycles. The molecule has 0 atom stereocenters. The van der Waals surface area contributed by atoms with Crippen LogP contribution in [0.25, 0.3) is 0 Å². The van der Waals surface area contributed by atoms with Crippen LogP contribution in [0.5, 0.6) is 0 Å². The number of thioether (sulfide) groups is 1. The highest BCUT2D eigenvalue weighted by atomic mass is 32.2. The Labute approximate surface area is 178 Å². The zero-order valence-electron chi connectivity index (χ0n) is 16.7. The Morgan fingerprint density at radius 1 is 1.27 bits per heavy atom. The summed E-state index contributed by atoms with van der Waals surface area (Å²) in [5.74, 6) is -0.667. The van der Waals surface area contributed by atoms with Crippen LogP contribution in [-0.2, 0) is 21.9 Å². The fourth-order valence-corrected chi connectivity index (χ4v) is 4.91. The summed E-state index contributed by atoms with van der Waals surface area (Å²) in [6, 6.07) is 6.38. The van der Waals surface area contributed by atoms with Crippen LogP contribution in [0.2, 0.25) is 0 Å². The highest BCUT2D eigenvalue weighted by Gasteiger charge is 2.31. The normalized spacial score (nSPS) is 14.3. The molecule has 30 heavy (non-hydrogen) atoms. The quantitative estimate of drug-likeness (QED) is 0.666. The molecule has 2 heterocycles. The van der Waals surface area contributed by atoms with Crippen LogP contribution in [0, 0.1) is 6.92 Å². The minimum absolute atomic E-state index is 0.0413. The number of aromatic nitrogens is 2. The first kappa shape index (κ1) is 21.8. The first-order valence-electron chi connectivity index (χ1n) is 8.96. The van der Waals surface area contributed by atoms with Crippen LogP contribution in [0.4, 0.5) is 10.6 Å². The van der Waals surface area contributed by atoms with E-state index in [0.29, 0.717) is 0 Å². The van der Waals surface area contributed by atoms with Crippen molar-refractivity contribution in [2.75, 3.05) is 30.2 Å². The molecule has 0 spiro atoms. The third-order valence-corrected chi connectivity index (χ3v) is 7.21. The lowest BCUT2D eigenvalue weighted by atomic mass is 10.2.